The molecule has 0 aliphatic carbocycles. The van der Waals surface area contributed by atoms with Crippen LogP contribution in [0.1, 0.15) is 56.3 Å². The van der Waals surface area contributed by atoms with Gasteiger partial charge in [-0.2, -0.15) is 0 Å². The summed E-state index contributed by atoms with van der Waals surface area (Å²) in [5, 5.41) is 1.14. The molecule has 1 saturated heterocycles. The third kappa shape index (κ3) is 4.73. The molecule has 5 nitrogen and oxygen atoms in total. The molecule has 0 saturated carbocycles. The topological polar surface area (TPSA) is 59.5 Å². The predicted molar refractivity (Wildman–Crippen MR) is 113 cm³/mol. The third-order valence-corrected chi connectivity index (χ3v) is 5.71. The van der Waals surface area contributed by atoms with Crippen LogP contribution in [0.2, 0.25) is 10.0 Å². The Kier molecular flexibility index (Phi) is 7.14. The number of nitrogens with zero attached hydrogens (tertiary/aromatic N) is 2. The van der Waals surface area contributed by atoms with Gasteiger partial charge in [-0.15, -0.1) is 0 Å². The minimum Gasteiger partial charge on any atom is -0.464 e. The molecule has 1 fully saturated rings. The van der Waals surface area contributed by atoms with Crippen LogP contribution in [0.3, 0.4) is 0 Å². The van der Waals surface area contributed by atoms with Gasteiger partial charge in [-0.1, -0.05) is 42.3 Å². The zero-order valence-electron chi connectivity index (χ0n) is 16.5. The Balaban J connectivity index is 2.10. The highest BCUT2D eigenvalue weighted by Gasteiger charge is 2.44. The van der Waals surface area contributed by atoms with Crippen LogP contribution in [-0.4, -0.2) is 34.4 Å². The second-order valence-electron chi connectivity index (χ2n) is 7.02. The van der Waals surface area contributed by atoms with Gasteiger partial charge in [0.1, 0.15) is 6.04 Å². The molecule has 1 aliphatic heterocycles. The second-order valence-corrected chi connectivity index (χ2v) is 7.90. The maximum atomic E-state index is 13.0. The van der Waals surface area contributed by atoms with Crippen molar-refractivity contribution in [1.29, 1.82) is 0 Å². The molecule has 3 atom stereocenters. The summed E-state index contributed by atoms with van der Waals surface area (Å²) >= 11 is 12.3. The molecule has 0 spiro atoms. The van der Waals surface area contributed by atoms with E-state index in [0.717, 1.165) is 5.56 Å². The van der Waals surface area contributed by atoms with Crippen LogP contribution in [0.15, 0.2) is 42.6 Å². The van der Waals surface area contributed by atoms with Crippen molar-refractivity contribution in [3.05, 3.63) is 63.9 Å². The maximum Gasteiger partial charge on any atom is 0.328 e. The largest absolute Gasteiger partial charge is 0.464 e. The van der Waals surface area contributed by atoms with Gasteiger partial charge in [-0.3, -0.25) is 9.78 Å². The number of rotatable bonds is 6. The minimum absolute atomic E-state index is 0.0523. The van der Waals surface area contributed by atoms with Crippen molar-refractivity contribution in [1.82, 2.24) is 9.88 Å². The zero-order chi connectivity index (χ0) is 21.0. The molecular weight excluding hydrogens is 411 g/mol. The number of esters is 1. The van der Waals surface area contributed by atoms with Crippen molar-refractivity contribution in [2.24, 2.45) is 0 Å². The summed E-state index contributed by atoms with van der Waals surface area (Å²) in [6.45, 7) is 3.90. The molecule has 1 aromatic carbocycles. The standard InChI is InChI=1S/C22H24Cl2N2O3/c1-3-19(22(28)29-4-2)26-20(27)11-9-17(14-6-5-7-15(23)12-14)21(26)18-10-8-16(24)13-25-18/h5-8,10,12-13,17,19,21H,3-4,9,11H2,1-2H3. The average molecular weight is 435 g/mol. The van der Waals surface area contributed by atoms with Crippen LogP contribution in [-0.2, 0) is 14.3 Å². The Morgan fingerprint density at radius 2 is 2.03 bits per heavy atom. The molecule has 154 valence electrons. The fourth-order valence-electron chi connectivity index (χ4n) is 4.00. The van der Waals surface area contributed by atoms with Gasteiger partial charge in [-0.05, 0) is 49.6 Å². The van der Waals surface area contributed by atoms with Crippen molar-refractivity contribution < 1.29 is 14.3 Å². The number of pyridine rings is 1. The summed E-state index contributed by atoms with van der Waals surface area (Å²) in [5.41, 5.74) is 1.70. The van der Waals surface area contributed by atoms with E-state index in [4.69, 9.17) is 27.9 Å². The Bertz CT molecular complexity index is 873. The fourth-order valence-corrected chi connectivity index (χ4v) is 4.31. The monoisotopic (exact) mass is 434 g/mol. The van der Waals surface area contributed by atoms with Crippen LogP contribution in [0, 0.1) is 0 Å². The number of halogens is 2. The first-order chi connectivity index (χ1) is 14.0. The summed E-state index contributed by atoms with van der Waals surface area (Å²) in [6.07, 6.45) is 3.01. The first kappa shape index (κ1) is 21.6. The Labute approximate surface area is 181 Å². The lowest BCUT2D eigenvalue weighted by atomic mass is 9.80. The first-order valence-electron chi connectivity index (χ1n) is 9.81. The minimum atomic E-state index is -0.674. The van der Waals surface area contributed by atoms with Crippen molar-refractivity contribution >= 4 is 35.1 Å². The van der Waals surface area contributed by atoms with E-state index < -0.39 is 18.1 Å². The van der Waals surface area contributed by atoms with Gasteiger partial charge in [-0.25, -0.2) is 4.79 Å². The highest BCUT2D eigenvalue weighted by atomic mass is 35.5. The van der Waals surface area contributed by atoms with Gasteiger partial charge in [0.15, 0.2) is 0 Å². The van der Waals surface area contributed by atoms with E-state index in [1.807, 2.05) is 37.3 Å². The molecule has 1 amide bonds. The van der Waals surface area contributed by atoms with Crippen molar-refractivity contribution in [2.45, 2.75) is 51.1 Å². The number of hydrogen-bond donors (Lipinski definition) is 0. The first-order valence-corrected chi connectivity index (χ1v) is 10.6. The van der Waals surface area contributed by atoms with Gasteiger partial charge in [0, 0.05) is 23.6 Å². The number of aromatic nitrogens is 1. The molecule has 0 N–H and O–H groups in total. The fraction of sp³-hybridized carbons (Fsp3) is 0.409. The lowest BCUT2D eigenvalue weighted by molar-refractivity contribution is -0.159. The van der Waals surface area contributed by atoms with E-state index >= 15 is 0 Å². The maximum absolute atomic E-state index is 13.0. The number of benzene rings is 1. The van der Waals surface area contributed by atoms with E-state index in [0.29, 0.717) is 35.0 Å². The van der Waals surface area contributed by atoms with Gasteiger partial charge in [0.05, 0.1) is 23.4 Å². The molecule has 0 radical (unpaired) electrons. The number of piperidine rings is 1. The Morgan fingerprint density at radius 1 is 1.24 bits per heavy atom. The van der Waals surface area contributed by atoms with Crippen LogP contribution in [0.5, 0.6) is 0 Å². The highest BCUT2D eigenvalue weighted by Crippen LogP contribution is 2.44. The molecule has 2 aromatic rings. The Hall–Kier alpha value is -2.11. The molecule has 3 rings (SSSR count). The number of amides is 1. The molecule has 29 heavy (non-hydrogen) atoms. The van der Waals surface area contributed by atoms with Crippen molar-refractivity contribution in [2.75, 3.05) is 6.61 Å². The van der Waals surface area contributed by atoms with Crippen LogP contribution in [0.25, 0.3) is 0 Å². The van der Waals surface area contributed by atoms with Crippen LogP contribution in [0.4, 0.5) is 0 Å². The van der Waals surface area contributed by atoms with E-state index in [-0.39, 0.29) is 18.4 Å². The molecule has 1 aliphatic rings. The SMILES string of the molecule is CCOC(=O)C(CC)N1C(=O)CCC(c2cccc(Cl)c2)C1c1ccc(Cl)cn1. The van der Waals surface area contributed by atoms with E-state index in [1.165, 1.54) is 0 Å². The molecule has 0 bridgehead atoms. The summed E-state index contributed by atoms with van der Waals surface area (Å²) in [4.78, 5) is 31.9. The van der Waals surface area contributed by atoms with Crippen LogP contribution < -0.4 is 0 Å². The number of hydrogen-bond acceptors (Lipinski definition) is 4. The van der Waals surface area contributed by atoms with Gasteiger partial charge in [0.25, 0.3) is 0 Å². The number of carbonyl (C=O) groups is 2. The van der Waals surface area contributed by atoms with Crippen molar-refractivity contribution in [3.63, 3.8) is 0 Å². The van der Waals surface area contributed by atoms with Gasteiger partial charge < -0.3 is 9.64 Å². The molecule has 2 heterocycles. The van der Waals surface area contributed by atoms with Gasteiger partial charge >= 0.3 is 5.97 Å². The average Bonchev–Trinajstić information content (AvgIpc) is 2.70. The molecule has 3 unspecified atom stereocenters. The van der Waals surface area contributed by atoms with E-state index in [1.54, 1.807) is 24.1 Å². The smallest absolute Gasteiger partial charge is 0.328 e. The van der Waals surface area contributed by atoms with E-state index in [9.17, 15) is 9.59 Å². The normalized spacial score (nSPS) is 20.4. The van der Waals surface area contributed by atoms with Crippen molar-refractivity contribution in [3.8, 4) is 0 Å². The molecule has 1 aromatic heterocycles. The highest BCUT2D eigenvalue weighted by molar-refractivity contribution is 6.30. The summed E-state index contributed by atoms with van der Waals surface area (Å²) in [6, 6.07) is 10.1. The van der Waals surface area contributed by atoms with E-state index in [2.05, 4.69) is 4.98 Å². The summed E-state index contributed by atoms with van der Waals surface area (Å²) in [5.74, 6) is -0.525. The number of likely N-dealkylation sites (tertiary alicyclic amines) is 1. The predicted octanol–water partition coefficient (Wildman–Crippen LogP) is 5.18. The summed E-state index contributed by atoms with van der Waals surface area (Å²) in [7, 11) is 0. The Morgan fingerprint density at radius 3 is 2.66 bits per heavy atom. The summed E-state index contributed by atoms with van der Waals surface area (Å²) < 4.78 is 5.26. The number of ether oxygens (including phenoxy) is 1. The quantitative estimate of drug-likeness (QED) is 0.587. The lowest BCUT2D eigenvalue weighted by Gasteiger charge is -2.44. The zero-order valence-corrected chi connectivity index (χ0v) is 18.0. The van der Waals surface area contributed by atoms with Crippen LogP contribution >= 0.6 is 23.2 Å². The second kappa shape index (κ2) is 9.59. The number of carbonyl (C=O) groups excluding carboxylic acids is 2. The molecular formula is C22H24Cl2N2O3. The lowest BCUT2D eigenvalue weighted by Crippen LogP contribution is -2.51. The molecule has 7 heteroatoms. The van der Waals surface area contributed by atoms with Gasteiger partial charge in [0.2, 0.25) is 5.91 Å². The third-order valence-electron chi connectivity index (χ3n) is 5.25.